The molecule has 212 valence electrons. The van der Waals surface area contributed by atoms with Gasteiger partial charge in [-0.3, -0.25) is 9.97 Å². The first-order valence-electron chi connectivity index (χ1n) is 13.8. The number of anilines is 1. The fourth-order valence-corrected chi connectivity index (χ4v) is 5.43. The highest BCUT2D eigenvalue weighted by molar-refractivity contribution is 6.76. The summed E-state index contributed by atoms with van der Waals surface area (Å²) in [6.45, 7) is 9.09. The van der Waals surface area contributed by atoms with Gasteiger partial charge in [0.05, 0.1) is 22.8 Å². The van der Waals surface area contributed by atoms with Gasteiger partial charge in [-0.1, -0.05) is 25.7 Å². The summed E-state index contributed by atoms with van der Waals surface area (Å²) in [4.78, 5) is 18.6. The molecular weight excluding hydrogens is 536 g/mol. The predicted molar refractivity (Wildman–Crippen MR) is 161 cm³/mol. The van der Waals surface area contributed by atoms with Crippen LogP contribution in [-0.2, 0) is 18.1 Å². The van der Waals surface area contributed by atoms with Crippen LogP contribution < -0.4 is 19.5 Å². The summed E-state index contributed by atoms with van der Waals surface area (Å²) in [5.41, 5.74) is 4.25. The number of nitrogens with zero attached hydrogens (tertiary/aromatic N) is 5. The van der Waals surface area contributed by atoms with Crippen molar-refractivity contribution in [2.75, 3.05) is 32.2 Å². The van der Waals surface area contributed by atoms with Crippen LogP contribution in [0.1, 0.15) is 5.69 Å². The van der Waals surface area contributed by atoms with E-state index in [1.165, 1.54) is 0 Å². The minimum atomic E-state index is -1.22. The molecule has 1 N–H and O–H groups in total. The SMILES string of the molecule is CNc1nc2c3c(cn(COCC[Si](C)(C)C)c3n1)-c1ccc3ncc(cc3c1)OCCOc1ccnc(c1)CO2. The maximum atomic E-state index is 6.36. The van der Waals surface area contributed by atoms with E-state index in [0.29, 0.717) is 49.9 Å². The summed E-state index contributed by atoms with van der Waals surface area (Å²) >= 11 is 0. The Kier molecular flexibility index (Phi) is 7.46. The van der Waals surface area contributed by atoms with Crippen LogP contribution in [0.15, 0.2) is 55.0 Å². The molecule has 11 heteroatoms. The minimum Gasteiger partial charge on any atom is -0.490 e. The largest absolute Gasteiger partial charge is 0.490 e. The van der Waals surface area contributed by atoms with Gasteiger partial charge in [-0.25, -0.2) is 0 Å². The first-order valence-corrected chi connectivity index (χ1v) is 17.5. The molecule has 5 aromatic rings. The van der Waals surface area contributed by atoms with E-state index in [9.17, 15) is 0 Å². The molecule has 4 aromatic heterocycles. The molecule has 0 spiro atoms. The van der Waals surface area contributed by atoms with E-state index in [1.807, 2.05) is 28.8 Å². The fourth-order valence-electron chi connectivity index (χ4n) is 4.67. The van der Waals surface area contributed by atoms with Crippen molar-refractivity contribution in [1.82, 2.24) is 24.5 Å². The first kappa shape index (κ1) is 27.0. The van der Waals surface area contributed by atoms with E-state index in [2.05, 4.69) is 53.3 Å². The van der Waals surface area contributed by atoms with Gasteiger partial charge in [-0.2, -0.15) is 9.97 Å². The summed E-state index contributed by atoms with van der Waals surface area (Å²) in [6, 6.07) is 12.9. The molecule has 1 aliphatic rings. The molecule has 0 amide bonds. The van der Waals surface area contributed by atoms with Gasteiger partial charge in [0.25, 0.3) is 0 Å². The van der Waals surface area contributed by atoms with Gasteiger partial charge < -0.3 is 28.8 Å². The number of ether oxygens (including phenoxy) is 4. The van der Waals surface area contributed by atoms with Crippen molar-refractivity contribution in [2.45, 2.75) is 39.0 Å². The molecule has 1 aromatic carbocycles. The van der Waals surface area contributed by atoms with Gasteiger partial charge in [0.2, 0.25) is 11.8 Å². The molecule has 0 saturated carbocycles. The van der Waals surface area contributed by atoms with Crippen LogP contribution >= 0.6 is 0 Å². The number of fused-ring (bicyclic) bond motifs is 5. The molecule has 0 atom stereocenters. The van der Waals surface area contributed by atoms with Crippen LogP contribution in [0.3, 0.4) is 0 Å². The highest BCUT2D eigenvalue weighted by Crippen LogP contribution is 2.38. The van der Waals surface area contributed by atoms with Crippen LogP contribution in [0.5, 0.6) is 17.4 Å². The number of aromatic nitrogens is 5. The fraction of sp³-hybridized carbons (Fsp3) is 0.333. The quantitative estimate of drug-likeness (QED) is 0.202. The maximum Gasteiger partial charge on any atom is 0.228 e. The normalized spacial score (nSPS) is 13.6. The lowest BCUT2D eigenvalue weighted by Crippen LogP contribution is -2.22. The Morgan fingerprint density at radius 3 is 2.66 bits per heavy atom. The van der Waals surface area contributed by atoms with Gasteiger partial charge in [0.15, 0.2) is 5.65 Å². The van der Waals surface area contributed by atoms with Crippen LogP contribution in [0.25, 0.3) is 33.1 Å². The number of hydrogen-bond acceptors (Lipinski definition) is 9. The average molecular weight is 571 g/mol. The van der Waals surface area contributed by atoms with Crippen molar-refractivity contribution in [1.29, 1.82) is 0 Å². The second-order valence-electron chi connectivity index (χ2n) is 11.2. The Hall–Kier alpha value is -4.22. The molecule has 0 radical (unpaired) electrons. The third kappa shape index (κ3) is 6.10. The van der Waals surface area contributed by atoms with Gasteiger partial charge in [0, 0.05) is 51.1 Å². The molecule has 5 bridgehead atoms. The molecule has 0 fully saturated rings. The van der Waals surface area contributed by atoms with Gasteiger partial charge >= 0.3 is 0 Å². The van der Waals surface area contributed by atoms with Crippen molar-refractivity contribution >= 4 is 36.0 Å². The van der Waals surface area contributed by atoms with Crippen molar-refractivity contribution < 1.29 is 18.9 Å². The van der Waals surface area contributed by atoms with Crippen LogP contribution in [0.2, 0.25) is 25.7 Å². The van der Waals surface area contributed by atoms with Gasteiger partial charge in [-0.15, -0.1) is 0 Å². The minimum absolute atomic E-state index is 0.212. The second-order valence-corrected chi connectivity index (χ2v) is 16.8. The van der Waals surface area contributed by atoms with Crippen molar-refractivity contribution in [3.8, 4) is 28.5 Å². The lowest BCUT2D eigenvalue weighted by molar-refractivity contribution is 0.0899. The Morgan fingerprint density at radius 2 is 1.83 bits per heavy atom. The number of nitrogens with one attached hydrogen (secondary N) is 1. The van der Waals surface area contributed by atoms with Crippen LogP contribution in [0.4, 0.5) is 5.95 Å². The van der Waals surface area contributed by atoms with E-state index in [4.69, 9.17) is 28.9 Å². The third-order valence-electron chi connectivity index (χ3n) is 6.87. The molecule has 0 aliphatic carbocycles. The molecule has 0 unspecified atom stereocenters. The first-order chi connectivity index (χ1) is 19.9. The molecule has 6 rings (SSSR count). The summed E-state index contributed by atoms with van der Waals surface area (Å²) in [6.07, 6.45) is 5.51. The Balaban J connectivity index is 1.49. The van der Waals surface area contributed by atoms with Crippen molar-refractivity contribution in [3.05, 3.63) is 60.7 Å². The van der Waals surface area contributed by atoms with Crippen molar-refractivity contribution in [2.24, 2.45) is 0 Å². The van der Waals surface area contributed by atoms with E-state index >= 15 is 0 Å². The monoisotopic (exact) mass is 570 g/mol. The van der Waals surface area contributed by atoms with Gasteiger partial charge in [0.1, 0.15) is 38.1 Å². The number of hydrogen-bond donors (Lipinski definition) is 1. The van der Waals surface area contributed by atoms with Crippen molar-refractivity contribution in [3.63, 3.8) is 0 Å². The second kappa shape index (κ2) is 11.3. The summed E-state index contributed by atoms with van der Waals surface area (Å²) < 4.78 is 26.4. The Bertz CT molecular complexity index is 1700. The molecule has 1 aliphatic heterocycles. The summed E-state index contributed by atoms with van der Waals surface area (Å²) in [7, 11) is 0.574. The zero-order valence-electron chi connectivity index (χ0n) is 23.8. The summed E-state index contributed by atoms with van der Waals surface area (Å²) in [5.74, 6) is 2.30. The Morgan fingerprint density at radius 1 is 0.976 bits per heavy atom. The van der Waals surface area contributed by atoms with E-state index < -0.39 is 8.07 Å². The number of pyridine rings is 2. The van der Waals surface area contributed by atoms with Gasteiger partial charge in [-0.05, 0) is 35.9 Å². The van der Waals surface area contributed by atoms with Crippen LogP contribution in [-0.4, -0.2) is 59.4 Å². The van der Waals surface area contributed by atoms with E-state index in [0.717, 1.165) is 44.8 Å². The Labute approximate surface area is 239 Å². The zero-order chi connectivity index (χ0) is 28.4. The third-order valence-corrected chi connectivity index (χ3v) is 8.57. The smallest absolute Gasteiger partial charge is 0.228 e. The molecular formula is C30H34N6O4Si. The highest BCUT2D eigenvalue weighted by Gasteiger charge is 2.21. The highest BCUT2D eigenvalue weighted by atomic mass is 28.3. The lowest BCUT2D eigenvalue weighted by atomic mass is 10.0. The molecule has 0 saturated heterocycles. The van der Waals surface area contributed by atoms with E-state index in [-0.39, 0.29) is 6.61 Å². The average Bonchev–Trinajstić information content (AvgIpc) is 3.33. The maximum absolute atomic E-state index is 6.36. The van der Waals surface area contributed by atoms with Crippen LogP contribution in [0, 0.1) is 0 Å². The molecule has 5 heterocycles. The lowest BCUT2D eigenvalue weighted by Gasteiger charge is -2.15. The topological polar surface area (TPSA) is 105 Å². The number of rotatable bonds is 6. The zero-order valence-corrected chi connectivity index (χ0v) is 24.8. The molecule has 41 heavy (non-hydrogen) atoms. The number of benzene rings is 1. The standard InChI is InChI=1S/C30H34N6O4Si/c1-31-30-34-28-27-25(17-36(28)19-37-11-12-41(2,3)4)20-5-6-26-21(13-20)14-24(16-33-26)39-10-9-38-23-7-8-32-22(15-23)18-40-29(27)35-30/h5-8,13-17H,9-12,18-19H2,1-4H3,(H,31,34,35). The summed E-state index contributed by atoms with van der Waals surface area (Å²) in [5, 5.41) is 4.84. The predicted octanol–water partition coefficient (Wildman–Crippen LogP) is 5.75. The molecule has 10 nitrogen and oxygen atoms in total. The van der Waals surface area contributed by atoms with E-state index in [1.54, 1.807) is 19.4 Å².